The number of carbonyl (C=O) groups is 2. The summed E-state index contributed by atoms with van der Waals surface area (Å²) in [5.41, 5.74) is 3.67. The first kappa shape index (κ1) is 34.5. The fraction of sp³-hybridized carbons (Fsp3) is 0.0857. The van der Waals surface area contributed by atoms with Gasteiger partial charge >= 0.3 is 32.3 Å². The van der Waals surface area contributed by atoms with Gasteiger partial charge in [0.15, 0.2) is 0 Å². The average molecular weight is 701 g/mol. The summed E-state index contributed by atoms with van der Waals surface area (Å²) >= 11 is 0. The first-order valence-corrected chi connectivity index (χ1v) is 17.6. The topological polar surface area (TPSA) is 169 Å². The molecule has 0 unspecified atom stereocenters. The summed E-state index contributed by atoms with van der Waals surface area (Å²) in [6.45, 7) is 5.38. The standard InChI is InChI=1S/C35H32N4O8S2/c1-23-13-17-30(18-14-23)48(42,43)46-28-9-4-7-26(21-28)36-34(40)38-32-11-6-12-33(25(32)3)39-35(41)37-27-8-5-10-29(22-27)47-49(44,45)31-19-15-24(2)16-20-31/h4-22H,1-3H3,(H2,36,38,40)(H2,37,39,41). The fourth-order valence-corrected chi connectivity index (χ4v) is 6.33. The van der Waals surface area contributed by atoms with Crippen LogP contribution in [0, 0.1) is 20.8 Å². The third-order valence-corrected chi connectivity index (χ3v) is 9.57. The summed E-state index contributed by atoms with van der Waals surface area (Å²) in [5, 5.41) is 10.7. The van der Waals surface area contributed by atoms with Crippen molar-refractivity contribution < 1.29 is 34.8 Å². The highest BCUT2D eigenvalue weighted by molar-refractivity contribution is 7.87. The van der Waals surface area contributed by atoms with Gasteiger partial charge in [0, 0.05) is 34.9 Å². The molecule has 0 aliphatic rings. The van der Waals surface area contributed by atoms with Crippen molar-refractivity contribution in [1.29, 1.82) is 0 Å². The fourth-order valence-electron chi connectivity index (χ4n) is 4.49. The molecule has 5 aromatic rings. The first-order chi connectivity index (χ1) is 23.3. The van der Waals surface area contributed by atoms with E-state index < -0.39 is 32.3 Å². The van der Waals surface area contributed by atoms with Gasteiger partial charge in [-0.05, 0) is 87.0 Å². The van der Waals surface area contributed by atoms with E-state index >= 15 is 0 Å². The zero-order valence-electron chi connectivity index (χ0n) is 26.6. The Balaban J connectivity index is 1.19. The molecular formula is C35H32N4O8S2. The van der Waals surface area contributed by atoms with Crippen molar-refractivity contribution >= 4 is 55.0 Å². The Morgan fingerprint density at radius 3 is 1.24 bits per heavy atom. The van der Waals surface area contributed by atoms with Gasteiger partial charge < -0.3 is 29.6 Å². The minimum Gasteiger partial charge on any atom is -0.379 e. The van der Waals surface area contributed by atoms with E-state index in [-0.39, 0.29) is 32.7 Å². The summed E-state index contributed by atoms with van der Waals surface area (Å²) in [6.07, 6.45) is 0. The molecule has 12 nitrogen and oxygen atoms in total. The minimum atomic E-state index is -4.08. The molecule has 49 heavy (non-hydrogen) atoms. The highest BCUT2D eigenvalue weighted by Gasteiger charge is 2.19. The zero-order valence-corrected chi connectivity index (χ0v) is 28.2. The van der Waals surface area contributed by atoms with Crippen LogP contribution in [0.2, 0.25) is 0 Å². The van der Waals surface area contributed by atoms with Crippen LogP contribution in [0.5, 0.6) is 11.5 Å². The Labute approximate surface area is 284 Å². The number of hydrogen-bond donors (Lipinski definition) is 4. The van der Waals surface area contributed by atoms with Crippen LogP contribution < -0.4 is 29.6 Å². The van der Waals surface area contributed by atoms with E-state index in [2.05, 4.69) is 21.3 Å². The molecule has 0 atom stereocenters. The van der Waals surface area contributed by atoms with Crippen LogP contribution in [0.4, 0.5) is 32.3 Å². The molecule has 0 aliphatic carbocycles. The third-order valence-electron chi connectivity index (χ3n) is 7.05. The number of nitrogens with one attached hydrogen (secondary N) is 4. The van der Waals surface area contributed by atoms with Crippen molar-refractivity contribution in [3.63, 3.8) is 0 Å². The van der Waals surface area contributed by atoms with Crippen molar-refractivity contribution in [2.45, 2.75) is 30.6 Å². The maximum absolute atomic E-state index is 12.9. The van der Waals surface area contributed by atoms with Gasteiger partial charge in [0.25, 0.3) is 0 Å². The normalized spacial score (nSPS) is 11.2. The van der Waals surface area contributed by atoms with Crippen LogP contribution in [-0.2, 0) is 20.2 Å². The molecule has 0 bridgehead atoms. The van der Waals surface area contributed by atoms with E-state index in [1.165, 1.54) is 60.7 Å². The van der Waals surface area contributed by atoms with E-state index in [9.17, 15) is 26.4 Å². The van der Waals surface area contributed by atoms with Gasteiger partial charge in [-0.15, -0.1) is 0 Å². The van der Waals surface area contributed by atoms with Crippen LogP contribution >= 0.6 is 0 Å². The molecule has 5 rings (SSSR count). The number of amides is 4. The van der Waals surface area contributed by atoms with Crippen molar-refractivity contribution in [2.75, 3.05) is 21.3 Å². The van der Waals surface area contributed by atoms with Crippen LogP contribution in [0.3, 0.4) is 0 Å². The monoisotopic (exact) mass is 700 g/mol. The van der Waals surface area contributed by atoms with Crippen molar-refractivity contribution in [3.8, 4) is 11.5 Å². The van der Waals surface area contributed by atoms with Crippen molar-refractivity contribution in [1.82, 2.24) is 0 Å². The van der Waals surface area contributed by atoms with E-state index in [0.717, 1.165) is 11.1 Å². The molecule has 0 aromatic heterocycles. The second kappa shape index (κ2) is 14.5. The average Bonchev–Trinajstić information content (AvgIpc) is 3.03. The van der Waals surface area contributed by atoms with Crippen molar-refractivity contribution in [3.05, 3.63) is 132 Å². The molecule has 14 heteroatoms. The van der Waals surface area contributed by atoms with Crippen LogP contribution in [0.25, 0.3) is 0 Å². The summed E-state index contributed by atoms with van der Waals surface area (Å²) < 4.78 is 61.2. The Bertz CT molecular complexity index is 2070. The van der Waals surface area contributed by atoms with E-state index in [0.29, 0.717) is 16.9 Å². The second-order valence-corrected chi connectivity index (χ2v) is 14.0. The number of urea groups is 2. The number of rotatable bonds is 10. The second-order valence-electron chi connectivity index (χ2n) is 10.9. The predicted octanol–water partition coefficient (Wildman–Crippen LogP) is 7.44. The molecule has 252 valence electrons. The Kier molecular flexibility index (Phi) is 10.2. The lowest BCUT2D eigenvalue weighted by atomic mass is 10.1. The molecular weight excluding hydrogens is 669 g/mol. The molecule has 0 saturated carbocycles. The highest BCUT2D eigenvalue weighted by Crippen LogP contribution is 2.27. The highest BCUT2D eigenvalue weighted by atomic mass is 32.2. The largest absolute Gasteiger partial charge is 0.379 e. The van der Waals surface area contributed by atoms with Crippen LogP contribution in [-0.4, -0.2) is 28.9 Å². The van der Waals surface area contributed by atoms with Gasteiger partial charge in [0.1, 0.15) is 21.3 Å². The smallest absolute Gasteiger partial charge is 0.339 e. The quantitative estimate of drug-likeness (QED) is 0.109. The Hall–Kier alpha value is -5.86. The number of hydrogen-bond acceptors (Lipinski definition) is 8. The minimum absolute atomic E-state index is 0.00118. The lowest BCUT2D eigenvalue weighted by Gasteiger charge is -2.15. The van der Waals surface area contributed by atoms with E-state index in [1.807, 2.05) is 13.8 Å². The van der Waals surface area contributed by atoms with Crippen molar-refractivity contribution in [2.24, 2.45) is 0 Å². The lowest BCUT2D eigenvalue weighted by Crippen LogP contribution is -2.22. The molecule has 0 fully saturated rings. The molecule has 0 radical (unpaired) electrons. The SMILES string of the molecule is Cc1ccc(S(=O)(=O)Oc2cccc(NC(=O)Nc3cccc(NC(=O)Nc4cccc(OS(=O)(=O)c5ccc(C)cc5)c4)c3C)c2)cc1. The van der Waals surface area contributed by atoms with Crippen LogP contribution in [0.15, 0.2) is 125 Å². The summed E-state index contributed by atoms with van der Waals surface area (Å²) in [5.74, 6) is 0.0218. The number of anilines is 4. The number of aryl methyl sites for hydroxylation is 2. The summed E-state index contributed by atoms with van der Waals surface area (Å²) in [6, 6.07) is 28.0. The third kappa shape index (κ3) is 9.15. The Morgan fingerprint density at radius 2 is 0.857 bits per heavy atom. The zero-order chi connectivity index (χ0) is 35.2. The molecule has 4 N–H and O–H groups in total. The van der Waals surface area contributed by atoms with Gasteiger partial charge in [-0.1, -0.05) is 53.6 Å². The number of benzene rings is 5. The molecule has 4 amide bonds. The van der Waals surface area contributed by atoms with Crippen LogP contribution in [0.1, 0.15) is 16.7 Å². The molecule has 5 aromatic carbocycles. The maximum Gasteiger partial charge on any atom is 0.339 e. The summed E-state index contributed by atoms with van der Waals surface area (Å²) in [7, 11) is -8.17. The molecule has 0 heterocycles. The molecule has 0 spiro atoms. The van der Waals surface area contributed by atoms with Gasteiger partial charge in [-0.3, -0.25) is 0 Å². The van der Waals surface area contributed by atoms with Gasteiger partial charge in [0.05, 0.1) is 0 Å². The summed E-state index contributed by atoms with van der Waals surface area (Å²) in [4.78, 5) is 25.7. The van der Waals surface area contributed by atoms with E-state index in [4.69, 9.17) is 8.37 Å². The van der Waals surface area contributed by atoms with Gasteiger partial charge in [-0.25, -0.2) is 9.59 Å². The van der Waals surface area contributed by atoms with E-state index in [1.54, 1.807) is 61.5 Å². The first-order valence-electron chi connectivity index (χ1n) is 14.8. The lowest BCUT2D eigenvalue weighted by molar-refractivity contribution is 0.261. The van der Waals surface area contributed by atoms with Gasteiger partial charge in [-0.2, -0.15) is 16.8 Å². The van der Waals surface area contributed by atoms with Gasteiger partial charge in [0.2, 0.25) is 0 Å². The number of carbonyl (C=O) groups excluding carboxylic acids is 2. The predicted molar refractivity (Wildman–Crippen MR) is 187 cm³/mol. The molecule has 0 aliphatic heterocycles. The molecule has 0 saturated heterocycles. The maximum atomic E-state index is 12.9. The Morgan fingerprint density at radius 1 is 0.490 bits per heavy atom.